The zero-order chi connectivity index (χ0) is 14.2. The van der Waals surface area contributed by atoms with Crippen LogP contribution >= 0.6 is 11.3 Å². The molecule has 1 atom stereocenters. The Labute approximate surface area is 126 Å². The van der Waals surface area contributed by atoms with Gasteiger partial charge in [-0.1, -0.05) is 0 Å². The van der Waals surface area contributed by atoms with Gasteiger partial charge in [0, 0.05) is 32.6 Å². The Morgan fingerprint density at radius 3 is 2.86 bits per heavy atom. The van der Waals surface area contributed by atoms with Gasteiger partial charge in [0.2, 0.25) is 0 Å². The molecule has 0 bridgehead atoms. The largest absolute Gasteiger partial charge is 0.464 e. The van der Waals surface area contributed by atoms with Crippen LogP contribution in [0.2, 0.25) is 0 Å². The number of anilines is 1. The summed E-state index contributed by atoms with van der Waals surface area (Å²) >= 11 is 1.68. The summed E-state index contributed by atoms with van der Waals surface area (Å²) in [6, 6.07) is 1.98. The zero-order valence-electron chi connectivity index (χ0n) is 11.6. The van der Waals surface area contributed by atoms with E-state index in [4.69, 9.17) is 4.74 Å². The maximum absolute atomic E-state index is 11.7. The first kappa shape index (κ1) is 13.0. The normalized spacial score (nSPS) is 23.7. The standard InChI is InChI=1S/C14H16N4O2S/c19-14-11(1-7-20-14)17-3-5-18(6-4-17)13-12-10(2-8-21-12)15-9-16-13/h2,8-9,11H,1,3-7H2/t11-/m0/s1. The van der Waals surface area contributed by atoms with Gasteiger partial charge < -0.3 is 9.64 Å². The summed E-state index contributed by atoms with van der Waals surface area (Å²) in [6.45, 7) is 4.07. The zero-order valence-corrected chi connectivity index (χ0v) is 12.4. The van der Waals surface area contributed by atoms with E-state index < -0.39 is 0 Å². The molecule has 0 aromatic carbocycles. The van der Waals surface area contributed by atoms with Crippen molar-refractivity contribution in [2.75, 3.05) is 37.7 Å². The summed E-state index contributed by atoms with van der Waals surface area (Å²) in [5, 5.41) is 2.05. The van der Waals surface area contributed by atoms with Gasteiger partial charge >= 0.3 is 5.97 Å². The summed E-state index contributed by atoms with van der Waals surface area (Å²) in [6.07, 6.45) is 2.45. The van der Waals surface area contributed by atoms with Crippen molar-refractivity contribution in [1.29, 1.82) is 0 Å². The Kier molecular flexibility index (Phi) is 3.23. The Morgan fingerprint density at radius 1 is 1.24 bits per heavy atom. The molecule has 0 spiro atoms. The maximum atomic E-state index is 11.7. The highest BCUT2D eigenvalue weighted by Gasteiger charge is 2.34. The lowest BCUT2D eigenvalue weighted by Gasteiger charge is -2.37. The fourth-order valence-electron chi connectivity index (χ4n) is 3.06. The highest BCUT2D eigenvalue weighted by Crippen LogP contribution is 2.29. The van der Waals surface area contributed by atoms with Crippen LogP contribution in [-0.2, 0) is 9.53 Å². The summed E-state index contributed by atoms with van der Waals surface area (Å²) in [7, 11) is 0. The molecule has 0 radical (unpaired) electrons. The molecule has 0 amide bonds. The van der Waals surface area contributed by atoms with E-state index in [1.807, 2.05) is 11.4 Å². The summed E-state index contributed by atoms with van der Waals surface area (Å²) in [5.74, 6) is 0.954. The van der Waals surface area contributed by atoms with Crippen LogP contribution < -0.4 is 4.90 Å². The molecule has 110 valence electrons. The fraction of sp³-hybridized carbons (Fsp3) is 0.500. The number of fused-ring (bicyclic) bond motifs is 1. The predicted molar refractivity (Wildman–Crippen MR) is 80.6 cm³/mol. The van der Waals surface area contributed by atoms with E-state index in [2.05, 4.69) is 19.8 Å². The maximum Gasteiger partial charge on any atom is 0.323 e. The first-order valence-electron chi connectivity index (χ1n) is 7.17. The van der Waals surface area contributed by atoms with Crippen molar-refractivity contribution in [2.24, 2.45) is 0 Å². The quantitative estimate of drug-likeness (QED) is 0.775. The van der Waals surface area contributed by atoms with Crippen molar-refractivity contribution >= 4 is 33.3 Å². The van der Waals surface area contributed by atoms with Crippen LogP contribution in [0.5, 0.6) is 0 Å². The van der Waals surface area contributed by atoms with Gasteiger partial charge in [-0.2, -0.15) is 0 Å². The number of ether oxygens (including phenoxy) is 1. The molecule has 21 heavy (non-hydrogen) atoms. The number of hydrogen-bond donors (Lipinski definition) is 0. The van der Waals surface area contributed by atoms with Crippen LogP contribution in [0.15, 0.2) is 17.8 Å². The second-order valence-corrected chi connectivity index (χ2v) is 6.24. The van der Waals surface area contributed by atoms with Crippen LogP contribution in [0, 0.1) is 0 Å². The van der Waals surface area contributed by atoms with Gasteiger partial charge in [0.15, 0.2) is 0 Å². The highest BCUT2D eigenvalue weighted by molar-refractivity contribution is 7.17. The lowest BCUT2D eigenvalue weighted by atomic mass is 10.2. The molecule has 2 aliphatic rings. The van der Waals surface area contributed by atoms with E-state index in [0.717, 1.165) is 48.6 Å². The molecule has 6 nitrogen and oxygen atoms in total. The predicted octanol–water partition coefficient (Wildman–Crippen LogP) is 1.13. The number of thiophene rings is 1. The Bertz CT molecular complexity index is 666. The van der Waals surface area contributed by atoms with Gasteiger partial charge in [-0.05, 0) is 11.4 Å². The SMILES string of the molecule is O=C1OCC[C@@H]1N1CCN(c2ncnc3ccsc23)CC1. The van der Waals surface area contributed by atoms with Crippen LogP contribution in [0.25, 0.3) is 10.2 Å². The summed E-state index contributed by atoms with van der Waals surface area (Å²) < 4.78 is 6.21. The molecule has 0 unspecified atom stereocenters. The Balaban J connectivity index is 1.50. The minimum Gasteiger partial charge on any atom is -0.464 e. The Morgan fingerprint density at radius 2 is 2.10 bits per heavy atom. The van der Waals surface area contributed by atoms with Crippen LogP contribution in [-0.4, -0.2) is 59.7 Å². The van der Waals surface area contributed by atoms with Gasteiger partial charge in [-0.3, -0.25) is 9.69 Å². The molecule has 7 heteroatoms. The van der Waals surface area contributed by atoms with Crippen molar-refractivity contribution in [3.8, 4) is 0 Å². The number of esters is 1. The molecule has 0 aliphatic carbocycles. The number of carbonyl (C=O) groups excluding carboxylic acids is 1. The average Bonchev–Trinajstić information content (AvgIpc) is 3.15. The highest BCUT2D eigenvalue weighted by atomic mass is 32.1. The fourth-order valence-corrected chi connectivity index (χ4v) is 3.93. The van der Waals surface area contributed by atoms with Gasteiger partial charge in [0.25, 0.3) is 0 Å². The van der Waals surface area contributed by atoms with E-state index in [1.54, 1.807) is 17.7 Å². The van der Waals surface area contributed by atoms with E-state index in [0.29, 0.717) is 6.61 Å². The summed E-state index contributed by atoms with van der Waals surface area (Å²) in [5.41, 5.74) is 1.01. The molecule has 0 N–H and O–H groups in total. The molecular weight excluding hydrogens is 288 g/mol. The molecule has 2 aromatic heterocycles. The number of carbonyl (C=O) groups is 1. The minimum absolute atomic E-state index is 0.0423. The number of rotatable bonds is 2. The summed E-state index contributed by atoms with van der Waals surface area (Å²) in [4.78, 5) is 24.9. The number of piperazine rings is 1. The topological polar surface area (TPSA) is 58.6 Å². The number of hydrogen-bond acceptors (Lipinski definition) is 7. The monoisotopic (exact) mass is 304 g/mol. The molecule has 2 saturated heterocycles. The molecule has 2 aliphatic heterocycles. The third-order valence-corrected chi connectivity index (χ3v) is 5.09. The first-order chi connectivity index (χ1) is 10.3. The van der Waals surface area contributed by atoms with Gasteiger partial charge in [0.05, 0.1) is 16.8 Å². The molecule has 4 heterocycles. The minimum atomic E-state index is -0.0638. The molecule has 2 fully saturated rings. The lowest BCUT2D eigenvalue weighted by Crippen LogP contribution is -2.51. The molecular formula is C14H16N4O2S. The van der Waals surface area contributed by atoms with Crippen molar-refractivity contribution < 1.29 is 9.53 Å². The van der Waals surface area contributed by atoms with Crippen molar-refractivity contribution in [3.05, 3.63) is 17.8 Å². The third kappa shape index (κ3) is 2.26. The lowest BCUT2D eigenvalue weighted by molar-refractivity contribution is -0.142. The average molecular weight is 304 g/mol. The number of cyclic esters (lactones) is 1. The second-order valence-electron chi connectivity index (χ2n) is 5.33. The van der Waals surface area contributed by atoms with Gasteiger partial charge in [-0.25, -0.2) is 9.97 Å². The molecule has 2 aromatic rings. The van der Waals surface area contributed by atoms with E-state index >= 15 is 0 Å². The van der Waals surface area contributed by atoms with Gasteiger partial charge in [0.1, 0.15) is 18.2 Å². The Hall–Kier alpha value is -1.73. The van der Waals surface area contributed by atoms with E-state index in [1.165, 1.54) is 0 Å². The second kappa shape index (κ2) is 5.23. The van der Waals surface area contributed by atoms with E-state index in [-0.39, 0.29) is 12.0 Å². The van der Waals surface area contributed by atoms with Crippen molar-refractivity contribution in [2.45, 2.75) is 12.5 Å². The van der Waals surface area contributed by atoms with Crippen LogP contribution in [0.4, 0.5) is 5.82 Å². The smallest absolute Gasteiger partial charge is 0.323 e. The van der Waals surface area contributed by atoms with Crippen molar-refractivity contribution in [1.82, 2.24) is 14.9 Å². The first-order valence-corrected chi connectivity index (χ1v) is 8.05. The van der Waals surface area contributed by atoms with Crippen LogP contribution in [0.1, 0.15) is 6.42 Å². The van der Waals surface area contributed by atoms with Crippen molar-refractivity contribution in [3.63, 3.8) is 0 Å². The molecule has 4 rings (SSSR count). The third-order valence-electron chi connectivity index (χ3n) is 4.19. The number of aromatic nitrogens is 2. The van der Waals surface area contributed by atoms with E-state index in [9.17, 15) is 4.79 Å². The van der Waals surface area contributed by atoms with Gasteiger partial charge in [-0.15, -0.1) is 11.3 Å². The number of nitrogens with zero attached hydrogens (tertiary/aromatic N) is 4. The van der Waals surface area contributed by atoms with Crippen LogP contribution in [0.3, 0.4) is 0 Å². The molecule has 0 saturated carbocycles.